The van der Waals surface area contributed by atoms with Crippen molar-refractivity contribution in [3.63, 3.8) is 0 Å². The largest absolute Gasteiger partial charge is 0.294 e. The van der Waals surface area contributed by atoms with E-state index in [0.29, 0.717) is 40.5 Å². The Labute approximate surface area is 164 Å². The number of ketones is 1. The van der Waals surface area contributed by atoms with E-state index in [9.17, 15) is 14.0 Å². The third kappa shape index (κ3) is 3.31. The number of nitrogens with zero attached hydrogens (tertiary/aromatic N) is 4. The van der Waals surface area contributed by atoms with Gasteiger partial charge >= 0.3 is 0 Å². The van der Waals surface area contributed by atoms with Crippen LogP contribution in [0.4, 0.5) is 4.39 Å². The number of thioether (sulfide) groups is 1. The fourth-order valence-electron chi connectivity index (χ4n) is 3.08. The van der Waals surface area contributed by atoms with Gasteiger partial charge in [-0.05, 0) is 42.8 Å². The molecule has 0 aliphatic heterocycles. The van der Waals surface area contributed by atoms with E-state index in [1.807, 2.05) is 22.6 Å². The molecule has 8 heteroatoms. The lowest BCUT2D eigenvalue weighted by Gasteiger charge is -2.07. The Hall–Kier alpha value is -3.00. The van der Waals surface area contributed by atoms with Crippen LogP contribution in [0.3, 0.4) is 0 Å². The molecule has 0 amide bonds. The van der Waals surface area contributed by atoms with Gasteiger partial charge in [0.05, 0.1) is 10.9 Å². The van der Waals surface area contributed by atoms with Crippen molar-refractivity contribution in [3.8, 4) is 0 Å². The van der Waals surface area contributed by atoms with Crippen molar-refractivity contribution in [3.05, 3.63) is 70.3 Å². The zero-order valence-electron chi connectivity index (χ0n) is 15.1. The molecule has 28 heavy (non-hydrogen) atoms. The Bertz CT molecular complexity index is 1230. The summed E-state index contributed by atoms with van der Waals surface area (Å²) in [6.45, 7) is 0. The van der Waals surface area contributed by atoms with Gasteiger partial charge in [0.15, 0.2) is 10.9 Å². The molecule has 0 spiro atoms. The number of aryl methyl sites for hydroxylation is 1. The number of aromatic nitrogens is 4. The Kier molecular flexibility index (Phi) is 4.95. The zero-order chi connectivity index (χ0) is 19.7. The first-order chi connectivity index (χ1) is 13.6. The van der Waals surface area contributed by atoms with Gasteiger partial charge in [-0.2, -0.15) is 0 Å². The smallest absolute Gasteiger partial charge is 0.262 e. The zero-order valence-corrected chi connectivity index (χ0v) is 15.9. The average Bonchev–Trinajstić information content (AvgIpc) is 3.14. The van der Waals surface area contributed by atoms with E-state index in [1.165, 1.54) is 40.6 Å². The molecular formula is C20H17FN4O2S. The predicted molar refractivity (Wildman–Crippen MR) is 106 cm³/mol. The maximum atomic E-state index is 13.0. The van der Waals surface area contributed by atoms with E-state index in [0.717, 1.165) is 5.52 Å². The van der Waals surface area contributed by atoms with Gasteiger partial charge in [-0.1, -0.05) is 23.9 Å². The standard InChI is InChI=1S/C20H17FN4O2S/c1-24-18(27)15-5-2-3-6-16(15)25-19(24)22-23-20(25)28-12-4-7-17(26)13-8-10-14(21)11-9-13/h2-3,5-6,8-11H,4,7,12H2,1H3. The number of carbonyl (C=O) groups is 1. The highest BCUT2D eigenvalue weighted by atomic mass is 32.2. The van der Waals surface area contributed by atoms with E-state index < -0.39 is 0 Å². The number of carbonyl (C=O) groups excluding carboxylic acids is 1. The molecule has 6 nitrogen and oxygen atoms in total. The summed E-state index contributed by atoms with van der Waals surface area (Å²) in [5.74, 6) is 0.783. The van der Waals surface area contributed by atoms with Crippen LogP contribution in [-0.2, 0) is 7.05 Å². The van der Waals surface area contributed by atoms with Gasteiger partial charge < -0.3 is 0 Å². The highest BCUT2D eigenvalue weighted by Crippen LogP contribution is 2.22. The number of benzene rings is 2. The number of halogens is 1. The summed E-state index contributed by atoms with van der Waals surface area (Å²) in [7, 11) is 1.68. The van der Waals surface area contributed by atoms with Crippen molar-refractivity contribution in [1.82, 2.24) is 19.2 Å². The number of rotatable bonds is 6. The third-order valence-electron chi connectivity index (χ3n) is 4.54. The van der Waals surface area contributed by atoms with Crippen molar-refractivity contribution < 1.29 is 9.18 Å². The summed E-state index contributed by atoms with van der Waals surface area (Å²) in [5, 5.41) is 9.65. The van der Waals surface area contributed by atoms with Crippen LogP contribution in [0.25, 0.3) is 16.7 Å². The van der Waals surface area contributed by atoms with E-state index >= 15 is 0 Å². The van der Waals surface area contributed by atoms with Crippen LogP contribution in [0.15, 0.2) is 58.5 Å². The van der Waals surface area contributed by atoms with Crippen molar-refractivity contribution in [1.29, 1.82) is 0 Å². The summed E-state index contributed by atoms with van der Waals surface area (Å²) in [5.41, 5.74) is 1.16. The first-order valence-electron chi connectivity index (χ1n) is 8.80. The number of hydrogen-bond acceptors (Lipinski definition) is 5. The van der Waals surface area contributed by atoms with Gasteiger partial charge in [0.25, 0.3) is 5.56 Å². The van der Waals surface area contributed by atoms with Gasteiger partial charge in [-0.3, -0.25) is 18.6 Å². The van der Waals surface area contributed by atoms with Crippen molar-refractivity contribution in [2.75, 3.05) is 5.75 Å². The molecule has 2 aromatic heterocycles. The second-order valence-electron chi connectivity index (χ2n) is 6.38. The van der Waals surface area contributed by atoms with Gasteiger partial charge in [0.1, 0.15) is 5.82 Å². The van der Waals surface area contributed by atoms with Gasteiger partial charge in [0, 0.05) is 24.8 Å². The number of Topliss-reactive ketones (excluding diaryl/α,β-unsaturated/α-hetero) is 1. The molecule has 0 unspecified atom stereocenters. The molecule has 0 aliphatic rings. The first-order valence-corrected chi connectivity index (χ1v) is 9.79. The maximum Gasteiger partial charge on any atom is 0.262 e. The monoisotopic (exact) mass is 396 g/mol. The second kappa shape index (κ2) is 7.55. The fraction of sp³-hybridized carbons (Fsp3) is 0.200. The summed E-state index contributed by atoms with van der Waals surface area (Å²) in [6.07, 6.45) is 1.02. The van der Waals surface area contributed by atoms with Crippen LogP contribution in [0.2, 0.25) is 0 Å². The summed E-state index contributed by atoms with van der Waals surface area (Å²) < 4.78 is 16.3. The van der Waals surface area contributed by atoms with E-state index in [-0.39, 0.29) is 17.2 Å². The summed E-state index contributed by atoms with van der Waals surface area (Å²) >= 11 is 1.49. The van der Waals surface area contributed by atoms with Crippen LogP contribution >= 0.6 is 11.8 Å². The summed E-state index contributed by atoms with van der Waals surface area (Å²) in [6, 6.07) is 12.9. The molecule has 0 bridgehead atoms. The normalized spacial score (nSPS) is 11.4. The van der Waals surface area contributed by atoms with E-state index in [4.69, 9.17) is 0 Å². The summed E-state index contributed by atoms with van der Waals surface area (Å²) in [4.78, 5) is 24.6. The lowest BCUT2D eigenvalue weighted by Crippen LogP contribution is -2.20. The molecule has 2 aromatic carbocycles. The number of fused-ring (bicyclic) bond motifs is 3. The molecule has 0 aliphatic carbocycles. The fourth-order valence-corrected chi connectivity index (χ4v) is 3.96. The predicted octanol–water partition coefficient (Wildman–Crippen LogP) is 3.48. The molecule has 0 saturated carbocycles. The Morgan fingerprint density at radius 1 is 1.11 bits per heavy atom. The highest BCUT2D eigenvalue weighted by molar-refractivity contribution is 7.99. The van der Waals surface area contributed by atoms with Crippen molar-refractivity contribution in [2.45, 2.75) is 18.0 Å². The topological polar surface area (TPSA) is 69.3 Å². The van der Waals surface area contributed by atoms with Crippen LogP contribution in [-0.4, -0.2) is 30.7 Å². The van der Waals surface area contributed by atoms with Crippen LogP contribution < -0.4 is 5.56 Å². The highest BCUT2D eigenvalue weighted by Gasteiger charge is 2.15. The molecule has 142 valence electrons. The second-order valence-corrected chi connectivity index (χ2v) is 7.44. The van der Waals surface area contributed by atoms with Gasteiger partial charge in [-0.15, -0.1) is 10.2 Å². The number of hydrogen-bond donors (Lipinski definition) is 0. The first kappa shape index (κ1) is 18.4. The molecule has 0 saturated heterocycles. The molecular weight excluding hydrogens is 379 g/mol. The molecule has 0 atom stereocenters. The Morgan fingerprint density at radius 3 is 2.64 bits per heavy atom. The van der Waals surface area contributed by atoms with Crippen molar-refractivity contribution >= 4 is 34.2 Å². The quantitative estimate of drug-likeness (QED) is 0.284. The van der Waals surface area contributed by atoms with E-state index in [2.05, 4.69) is 10.2 Å². The Morgan fingerprint density at radius 2 is 1.86 bits per heavy atom. The lowest BCUT2D eigenvalue weighted by atomic mass is 10.1. The van der Waals surface area contributed by atoms with Crippen LogP contribution in [0.5, 0.6) is 0 Å². The molecule has 0 radical (unpaired) electrons. The molecule has 0 N–H and O–H groups in total. The molecule has 2 heterocycles. The SMILES string of the molecule is Cn1c(=O)c2ccccc2n2c(SCCCC(=O)c3ccc(F)cc3)nnc12. The number of para-hydroxylation sites is 1. The average molecular weight is 396 g/mol. The van der Waals surface area contributed by atoms with Crippen LogP contribution in [0.1, 0.15) is 23.2 Å². The van der Waals surface area contributed by atoms with Gasteiger partial charge in [-0.25, -0.2) is 4.39 Å². The minimum Gasteiger partial charge on any atom is -0.294 e. The Balaban J connectivity index is 1.51. The van der Waals surface area contributed by atoms with Crippen molar-refractivity contribution in [2.24, 2.45) is 7.05 Å². The molecule has 4 rings (SSSR count). The van der Waals surface area contributed by atoms with Crippen LogP contribution in [0, 0.1) is 5.82 Å². The lowest BCUT2D eigenvalue weighted by molar-refractivity contribution is 0.0982. The van der Waals surface area contributed by atoms with Gasteiger partial charge in [0.2, 0.25) is 5.78 Å². The minimum atomic E-state index is -0.354. The minimum absolute atomic E-state index is 0.0143. The maximum absolute atomic E-state index is 13.0. The molecule has 4 aromatic rings. The third-order valence-corrected chi connectivity index (χ3v) is 5.56. The van der Waals surface area contributed by atoms with E-state index in [1.54, 1.807) is 13.1 Å². The molecule has 0 fully saturated rings.